The fourth-order valence-corrected chi connectivity index (χ4v) is 4.28. The Morgan fingerprint density at radius 3 is 2.58 bits per heavy atom. The van der Waals surface area contributed by atoms with Gasteiger partial charge in [-0.15, -0.1) is 0 Å². The monoisotopic (exact) mass is 356 g/mol. The molecule has 1 saturated heterocycles. The van der Waals surface area contributed by atoms with Gasteiger partial charge in [-0.05, 0) is 68.6 Å². The number of ether oxygens (including phenoxy) is 1. The standard InChI is InChI=1S/C20H26N2O2.C2H6/c23-19-22(15-20(24-19)11-5-2-6-12-20)14-18-10-9-17(13-21-18)16-7-3-1-4-8-16;1-2/h7,9-10,13H,1-6,8,11-12,14-15H2;1-2H3. The maximum Gasteiger partial charge on any atom is 0.410 e. The molecule has 3 aliphatic rings. The predicted octanol–water partition coefficient (Wildman–Crippen LogP) is 5.72. The molecule has 4 heteroatoms. The molecule has 2 fully saturated rings. The highest BCUT2D eigenvalue weighted by Crippen LogP contribution is 2.37. The van der Waals surface area contributed by atoms with Crippen LogP contribution in [0.2, 0.25) is 0 Å². The second-order valence-electron chi connectivity index (χ2n) is 7.48. The zero-order valence-corrected chi connectivity index (χ0v) is 16.3. The van der Waals surface area contributed by atoms with Gasteiger partial charge in [0.2, 0.25) is 0 Å². The van der Waals surface area contributed by atoms with E-state index in [0.29, 0.717) is 6.54 Å². The maximum absolute atomic E-state index is 12.2. The zero-order chi connectivity index (χ0) is 18.4. The summed E-state index contributed by atoms with van der Waals surface area (Å²) in [5, 5.41) is 0. The van der Waals surface area contributed by atoms with Crippen LogP contribution in [0, 0.1) is 0 Å². The first-order valence-corrected chi connectivity index (χ1v) is 10.4. The van der Waals surface area contributed by atoms with E-state index in [-0.39, 0.29) is 11.7 Å². The van der Waals surface area contributed by atoms with Gasteiger partial charge in [-0.3, -0.25) is 9.88 Å². The average Bonchev–Trinajstić information content (AvgIpc) is 2.99. The quantitative estimate of drug-likeness (QED) is 0.695. The van der Waals surface area contributed by atoms with Crippen LogP contribution in [-0.4, -0.2) is 28.1 Å². The summed E-state index contributed by atoms with van der Waals surface area (Å²) in [6.45, 7) is 5.28. The zero-order valence-electron chi connectivity index (χ0n) is 16.3. The molecule has 2 aliphatic carbocycles. The van der Waals surface area contributed by atoms with Crippen LogP contribution in [0.15, 0.2) is 24.4 Å². The molecule has 0 bridgehead atoms. The van der Waals surface area contributed by atoms with Crippen LogP contribution in [0.5, 0.6) is 0 Å². The van der Waals surface area contributed by atoms with Crippen molar-refractivity contribution in [2.45, 2.75) is 83.8 Å². The van der Waals surface area contributed by atoms with Gasteiger partial charge in [0.25, 0.3) is 0 Å². The molecule has 1 aromatic heterocycles. The van der Waals surface area contributed by atoms with Gasteiger partial charge in [-0.2, -0.15) is 0 Å². The minimum Gasteiger partial charge on any atom is -0.441 e. The molecule has 142 valence electrons. The van der Waals surface area contributed by atoms with Crippen molar-refractivity contribution in [3.8, 4) is 0 Å². The van der Waals surface area contributed by atoms with E-state index in [2.05, 4.69) is 23.2 Å². The van der Waals surface area contributed by atoms with E-state index in [9.17, 15) is 4.79 Å². The van der Waals surface area contributed by atoms with Crippen LogP contribution in [0.4, 0.5) is 4.79 Å². The summed E-state index contributed by atoms with van der Waals surface area (Å²) < 4.78 is 5.74. The Bertz CT molecular complexity index is 630. The highest BCUT2D eigenvalue weighted by Gasteiger charge is 2.45. The van der Waals surface area contributed by atoms with E-state index in [1.165, 1.54) is 49.7 Å². The number of amides is 1. The van der Waals surface area contributed by atoms with E-state index in [1.54, 1.807) is 0 Å². The van der Waals surface area contributed by atoms with Gasteiger partial charge < -0.3 is 4.74 Å². The first-order chi connectivity index (χ1) is 12.7. The minimum absolute atomic E-state index is 0.169. The Hall–Kier alpha value is -1.84. The van der Waals surface area contributed by atoms with Gasteiger partial charge in [0.05, 0.1) is 18.8 Å². The van der Waals surface area contributed by atoms with Crippen LogP contribution in [0.3, 0.4) is 0 Å². The number of carbonyl (C=O) groups excluding carboxylic acids is 1. The molecular weight excluding hydrogens is 324 g/mol. The number of nitrogens with zero attached hydrogens (tertiary/aromatic N) is 2. The van der Waals surface area contributed by atoms with E-state index >= 15 is 0 Å². The summed E-state index contributed by atoms with van der Waals surface area (Å²) in [5.41, 5.74) is 3.37. The van der Waals surface area contributed by atoms with Crippen LogP contribution < -0.4 is 0 Å². The van der Waals surface area contributed by atoms with E-state index in [1.807, 2.05) is 24.9 Å². The molecule has 0 atom stereocenters. The molecule has 0 aromatic carbocycles. The lowest BCUT2D eigenvalue weighted by atomic mass is 9.85. The SMILES string of the molecule is CC.O=C1OC2(CCCCC2)CN1Cc1ccc(C2=CCCCC2)cn1. The molecule has 26 heavy (non-hydrogen) atoms. The summed E-state index contributed by atoms with van der Waals surface area (Å²) in [7, 11) is 0. The molecule has 1 spiro atoms. The van der Waals surface area contributed by atoms with Crippen molar-refractivity contribution < 1.29 is 9.53 Å². The van der Waals surface area contributed by atoms with Crippen LogP contribution in [0.1, 0.15) is 82.9 Å². The Labute approximate surface area is 157 Å². The number of hydrogen-bond acceptors (Lipinski definition) is 3. The molecule has 4 rings (SSSR count). The molecule has 2 heterocycles. The second-order valence-corrected chi connectivity index (χ2v) is 7.48. The van der Waals surface area contributed by atoms with Crippen molar-refractivity contribution >= 4 is 11.7 Å². The smallest absolute Gasteiger partial charge is 0.410 e. The third-order valence-electron chi connectivity index (χ3n) is 5.65. The summed E-state index contributed by atoms with van der Waals surface area (Å²) in [4.78, 5) is 18.7. The first kappa shape index (κ1) is 18.9. The lowest BCUT2D eigenvalue weighted by Gasteiger charge is -2.30. The lowest BCUT2D eigenvalue weighted by molar-refractivity contribution is 0.0260. The molecule has 1 aromatic rings. The molecule has 0 radical (unpaired) electrons. The van der Waals surface area contributed by atoms with E-state index < -0.39 is 0 Å². The normalized spacial score (nSPS) is 21.7. The van der Waals surface area contributed by atoms with Crippen molar-refractivity contribution in [3.05, 3.63) is 35.7 Å². The number of aromatic nitrogens is 1. The van der Waals surface area contributed by atoms with Gasteiger partial charge in [0, 0.05) is 6.20 Å². The number of hydrogen-bond donors (Lipinski definition) is 0. The van der Waals surface area contributed by atoms with Gasteiger partial charge >= 0.3 is 6.09 Å². The van der Waals surface area contributed by atoms with Crippen LogP contribution >= 0.6 is 0 Å². The highest BCUT2D eigenvalue weighted by molar-refractivity contribution is 5.71. The average molecular weight is 357 g/mol. The molecule has 4 nitrogen and oxygen atoms in total. The van der Waals surface area contributed by atoms with Crippen molar-refractivity contribution in [2.24, 2.45) is 0 Å². The minimum atomic E-state index is -0.220. The predicted molar refractivity (Wildman–Crippen MR) is 105 cm³/mol. The number of allylic oxidation sites excluding steroid dienone is 2. The first-order valence-electron chi connectivity index (χ1n) is 10.4. The largest absolute Gasteiger partial charge is 0.441 e. The Kier molecular flexibility index (Phi) is 6.33. The van der Waals surface area contributed by atoms with Crippen LogP contribution in [0.25, 0.3) is 5.57 Å². The Morgan fingerprint density at radius 2 is 1.92 bits per heavy atom. The maximum atomic E-state index is 12.2. The fraction of sp³-hybridized carbons (Fsp3) is 0.636. The lowest BCUT2D eigenvalue weighted by Crippen LogP contribution is -2.36. The number of pyridine rings is 1. The molecule has 0 unspecified atom stereocenters. The Morgan fingerprint density at radius 1 is 1.12 bits per heavy atom. The number of rotatable bonds is 3. The van der Waals surface area contributed by atoms with E-state index in [0.717, 1.165) is 31.5 Å². The van der Waals surface area contributed by atoms with Gasteiger partial charge in [-0.1, -0.05) is 32.4 Å². The summed E-state index contributed by atoms with van der Waals surface area (Å²) in [6, 6.07) is 4.21. The van der Waals surface area contributed by atoms with Crippen LogP contribution in [-0.2, 0) is 11.3 Å². The molecule has 1 amide bonds. The van der Waals surface area contributed by atoms with Gasteiger partial charge in [0.15, 0.2) is 0 Å². The topological polar surface area (TPSA) is 42.4 Å². The van der Waals surface area contributed by atoms with Crippen molar-refractivity contribution in [2.75, 3.05) is 6.54 Å². The van der Waals surface area contributed by atoms with Crippen molar-refractivity contribution in [1.29, 1.82) is 0 Å². The molecular formula is C22H32N2O2. The number of carbonyl (C=O) groups is 1. The third kappa shape index (κ3) is 4.28. The summed E-state index contributed by atoms with van der Waals surface area (Å²) >= 11 is 0. The van der Waals surface area contributed by atoms with Gasteiger partial charge in [0.1, 0.15) is 5.60 Å². The second kappa shape index (κ2) is 8.70. The third-order valence-corrected chi connectivity index (χ3v) is 5.65. The highest BCUT2D eigenvalue weighted by atomic mass is 16.6. The molecule has 1 aliphatic heterocycles. The van der Waals surface area contributed by atoms with Crippen molar-refractivity contribution in [1.82, 2.24) is 9.88 Å². The molecule has 0 N–H and O–H groups in total. The fourth-order valence-electron chi connectivity index (χ4n) is 4.28. The summed E-state index contributed by atoms with van der Waals surface area (Å²) in [6.07, 6.45) is 14.7. The van der Waals surface area contributed by atoms with E-state index in [4.69, 9.17) is 4.74 Å². The van der Waals surface area contributed by atoms with Crippen molar-refractivity contribution in [3.63, 3.8) is 0 Å². The molecule has 1 saturated carbocycles. The Balaban J connectivity index is 0.000000948. The van der Waals surface area contributed by atoms with Gasteiger partial charge in [-0.25, -0.2) is 4.79 Å². The summed E-state index contributed by atoms with van der Waals surface area (Å²) in [5.74, 6) is 0.